The molecule has 1 aromatic rings. The SMILES string of the molecule is COC(=O)C=CCCc1ccc(F)cc1. The molecule has 0 heterocycles. The molecule has 1 rings (SSSR count). The number of aryl methyl sites for hydroxylation is 1. The summed E-state index contributed by atoms with van der Waals surface area (Å²) in [7, 11) is 1.34. The Bertz CT molecular complexity index is 341. The Balaban J connectivity index is 2.35. The van der Waals surface area contributed by atoms with Gasteiger partial charge in [-0.1, -0.05) is 18.2 Å². The number of hydrogen-bond acceptors (Lipinski definition) is 2. The highest BCUT2D eigenvalue weighted by atomic mass is 19.1. The topological polar surface area (TPSA) is 26.3 Å². The van der Waals surface area contributed by atoms with E-state index < -0.39 is 0 Å². The monoisotopic (exact) mass is 208 g/mol. The molecule has 0 atom stereocenters. The predicted molar refractivity (Wildman–Crippen MR) is 55.9 cm³/mol. The van der Waals surface area contributed by atoms with E-state index in [0.29, 0.717) is 0 Å². The first-order chi connectivity index (χ1) is 7.22. The molecule has 0 aliphatic heterocycles. The first kappa shape index (κ1) is 11.4. The highest BCUT2D eigenvalue weighted by molar-refractivity contribution is 5.81. The minimum absolute atomic E-state index is 0.233. The number of carbonyl (C=O) groups is 1. The van der Waals surface area contributed by atoms with Crippen LogP contribution < -0.4 is 0 Å². The zero-order valence-corrected chi connectivity index (χ0v) is 8.57. The number of carbonyl (C=O) groups excluding carboxylic acids is 1. The van der Waals surface area contributed by atoms with Gasteiger partial charge in [0.2, 0.25) is 0 Å². The van der Waals surface area contributed by atoms with E-state index >= 15 is 0 Å². The molecule has 80 valence electrons. The van der Waals surface area contributed by atoms with Crippen LogP contribution in [0.5, 0.6) is 0 Å². The van der Waals surface area contributed by atoms with E-state index in [-0.39, 0.29) is 11.8 Å². The van der Waals surface area contributed by atoms with Gasteiger partial charge >= 0.3 is 5.97 Å². The van der Waals surface area contributed by atoms with Crippen LogP contribution in [0.3, 0.4) is 0 Å². The Morgan fingerprint density at radius 1 is 1.40 bits per heavy atom. The Morgan fingerprint density at radius 3 is 2.67 bits per heavy atom. The summed E-state index contributed by atoms with van der Waals surface area (Å²) >= 11 is 0. The number of esters is 1. The van der Waals surface area contributed by atoms with Crippen molar-refractivity contribution in [3.05, 3.63) is 47.8 Å². The van der Waals surface area contributed by atoms with Crippen molar-refractivity contribution in [2.45, 2.75) is 12.8 Å². The molecule has 0 fully saturated rings. The highest BCUT2D eigenvalue weighted by Crippen LogP contribution is 2.05. The maximum Gasteiger partial charge on any atom is 0.330 e. The fraction of sp³-hybridized carbons (Fsp3) is 0.250. The second-order valence-corrected chi connectivity index (χ2v) is 3.09. The summed E-state index contributed by atoms with van der Waals surface area (Å²) in [6.07, 6.45) is 4.66. The molecule has 0 saturated carbocycles. The van der Waals surface area contributed by atoms with Gasteiger partial charge in [-0.2, -0.15) is 0 Å². The zero-order chi connectivity index (χ0) is 11.1. The lowest BCUT2D eigenvalue weighted by molar-refractivity contribution is -0.134. The number of benzene rings is 1. The summed E-state index contributed by atoms with van der Waals surface area (Å²) in [4.78, 5) is 10.7. The highest BCUT2D eigenvalue weighted by Gasteiger charge is 1.93. The standard InChI is InChI=1S/C12H13FO2/c1-15-12(14)5-3-2-4-10-6-8-11(13)9-7-10/h3,5-9H,2,4H2,1H3. The molecule has 0 aliphatic rings. The molecule has 0 N–H and O–H groups in total. The summed E-state index contributed by atoms with van der Waals surface area (Å²) in [5.74, 6) is -0.585. The fourth-order valence-corrected chi connectivity index (χ4v) is 1.15. The Kier molecular flexibility index (Phi) is 4.54. The summed E-state index contributed by atoms with van der Waals surface area (Å²) in [6, 6.07) is 6.33. The number of methoxy groups -OCH3 is 1. The van der Waals surface area contributed by atoms with Gasteiger partial charge in [0.15, 0.2) is 0 Å². The van der Waals surface area contributed by atoms with Gasteiger partial charge in [0.05, 0.1) is 7.11 Å². The van der Waals surface area contributed by atoms with E-state index in [1.54, 1.807) is 18.2 Å². The van der Waals surface area contributed by atoms with Crippen LogP contribution in [0.2, 0.25) is 0 Å². The van der Waals surface area contributed by atoms with E-state index in [9.17, 15) is 9.18 Å². The lowest BCUT2D eigenvalue weighted by atomic mass is 10.1. The lowest BCUT2D eigenvalue weighted by Gasteiger charge is -1.97. The van der Waals surface area contributed by atoms with Gasteiger partial charge < -0.3 is 4.74 Å². The third kappa shape index (κ3) is 4.40. The number of halogens is 1. The number of hydrogen-bond donors (Lipinski definition) is 0. The number of allylic oxidation sites excluding steroid dienone is 1. The van der Waals surface area contributed by atoms with Crippen LogP contribution in [0.15, 0.2) is 36.4 Å². The number of ether oxygens (including phenoxy) is 1. The van der Waals surface area contributed by atoms with Crippen molar-refractivity contribution >= 4 is 5.97 Å². The summed E-state index contributed by atoms with van der Waals surface area (Å²) in [6.45, 7) is 0. The molecule has 3 heteroatoms. The normalized spacial score (nSPS) is 10.5. The van der Waals surface area contributed by atoms with Crippen LogP contribution in [-0.4, -0.2) is 13.1 Å². The first-order valence-corrected chi connectivity index (χ1v) is 4.71. The molecule has 0 bridgehead atoms. The van der Waals surface area contributed by atoms with Crippen LogP contribution in [0.4, 0.5) is 4.39 Å². The van der Waals surface area contributed by atoms with Gasteiger partial charge in [-0.05, 0) is 30.5 Å². The van der Waals surface area contributed by atoms with Crippen molar-refractivity contribution in [1.82, 2.24) is 0 Å². The van der Waals surface area contributed by atoms with E-state index in [0.717, 1.165) is 18.4 Å². The molecule has 0 amide bonds. The lowest BCUT2D eigenvalue weighted by Crippen LogP contribution is -1.93. The van der Waals surface area contributed by atoms with Crippen LogP contribution in [0.1, 0.15) is 12.0 Å². The van der Waals surface area contributed by atoms with Crippen molar-refractivity contribution in [1.29, 1.82) is 0 Å². The average molecular weight is 208 g/mol. The third-order valence-corrected chi connectivity index (χ3v) is 1.97. The molecule has 0 spiro atoms. The predicted octanol–water partition coefficient (Wildman–Crippen LogP) is 2.49. The molecule has 0 unspecified atom stereocenters. The van der Waals surface area contributed by atoms with Crippen molar-refractivity contribution in [2.75, 3.05) is 7.11 Å². The van der Waals surface area contributed by atoms with Crippen LogP contribution in [0, 0.1) is 5.82 Å². The van der Waals surface area contributed by atoms with Crippen LogP contribution >= 0.6 is 0 Å². The molecule has 0 saturated heterocycles. The van der Waals surface area contributed by atoms with Crippen molar-refractivity contribution in [3.63, 3.8) is 0 Å². The van der Waals surface area contributed by atoms with Gasteiger partial charge in [-0.25, -0.2) is 9.18 Å². The summed E-state index contributed by atoms with van der Waals surface area (Å²) < 4.78 is 17.0. The molecule has 0 radical (unpaired) electrons. The van der Waals surface area contributed by atoms with Crippen LogP contribution in [-0.2, 0) is 16.0 Å². The van der Waals surface area contributed by atoms with Crippen LogP contribution in [0.25, 0.3) is 0 Å². The van der Waals surface area contributed by atoms with Gasteiger partial charge in [-0.3, -0.25) is 0 Å². The third-order valence-electron chi connectivity index (χ3n) is 1.97. The van der Waals surface area contributed by atoms with Gasteiger partial charge in [-0.15, -0.1) is 0 Å². The van der Waals surface area contributed by atoms with E-state index in [4.69, 9.17) is 0 Å². The fourth-order valence-electron chi connectivity index (χ4n) is 1.15. The maximum atomic E-state index is 12.6. The molecule has 15 heavy (non-hydrogen) atoms. The van der Waals surface area contributed by atoms with Gasteiger partial charge in [0.25, 0.3) is 0 Å². The Labute approximate surface area is 88.4 Å². The minimum Gasteiger partial charge on any atom is -0.466 e. The van der Waals surface area contributed by atoms with Crippen molar-refractivity contribution < 1.29 is 13.9 Å². The van der Waals surface area contributed by atoms with Gasteiger partial charge in [0.1, 0.15) is 5.82 Å². The molecular formula is C12H13FO2. The van der Waals surface area contributed by atoms with Crippen molar-refractivity contribution in [3.8, 4) is 0 Å². The maximum absolute atomic E-state index is 12.6. The average Bonchev–Trinajstić information content (AvgIpc) is 2.26. The van der Waals surface area contributed by atoms with Crippen molar-refractivity contribution in [2.24, 2.45) is 0 Å². The van der Waals surface area contributed by atoms with E-state index in [1.807, 2.05) is 0 Å². The zero-order valence-electron chi connectivity index (χ0n) is 8.57. The molecule has 2 nitrogen and oxygen atoms in total. The molecular weight excluding hydrogens is 195 g/mol. The Morgan fingerprint density at radius 2 is 2.07 bits per heavy atom. The van der Waals surface area contributed by atoms with E-state index in [2.05, 4.69) is 4.74 Å². The largest absolute Gasteiger partial charge is 0.466 e. The molecule has 0 aliphatic carbocycles. The Hall–Kier alpha value is -1.64. The minimum atomic E-state index is -0.353. The van der Waals surface area contributed by atoms with Gasteiger partial charge in [0, 0.05) is 6.08 Å². The smallest absolute Gasteiger partial charge is 0.330 e. The second-order valence-electron chi connectivity index (χ2n) is 3.09. The first-order valence-electron chi connectivity index (χ1n) is 4.71. The number of rotatable bonds is 4. The quantitative estimate of drug-likeness (QED) is 0.561. The summed E-state index contributed by atoms with van der Waals surface area (Å²) in [5.41, 5.74) is 1.05. The molecule has 0 aromatic heterocycles. The summed E-state index contributed by atoms with van der Waals surface area (Å²) in [5, 5.41) is 0. The second kappa shape index (κ2) is 5.96. The van der Waals surface area contributed by atoms with E-state index in [1.165, 1.54) is 25.3 Å². The molecule has 1 aromatic carbocycles.